The molecule has 1 unspecified atom stereocenters. The monoisotopic (exact) mass is 438 g/mol. The minimum absolute atomic E-state index is 0.104. The highest BCUT2D eigenvalue weighted by molar-refractivity contribution is 8.02. The quantitative estimate of drug-likeness (QED) is 0.714. The summed E-state index contributed by atoms with van der Waals surface area (Å²) in [7, 11) is 0. The maximum absolute atomic E-state index is 13.4. The molecule has 156 valence electrons. The number of amides is 2. The van der Waals surface area contributed by atoms with Crippen molar-refractivity contribution in [1.29, 1.82) is 0 Å². The number of thioether (sulfide) groups is 1. The van der Waals surface area contributed by atoms with Crippen molar-refractivity contribution in [2.45, 2.75) is 37.2 Å². The lowest BCUT2D eigenvalue weighted by atomic mass is 10.0. The maximum atomic E-state index is 13.4. The molecule has 29 heavy (non-hydrogen) atoms. The van der Waals surface area contributed by atoms with Crippen LogP contribution < -0.4 is 11.1 Å². The molecule has 2 amide bonds. The lowest BCUT2D eigenvalue weighted by Gasteiger charge is -2.41. The minimum Gasteiger partial charge on any atom is -0.364 e. The molecule has 0 spiro atoms. The van der Waals surface area contributed by atoms with E-state index in [1.807, 2.05) is 4.90 Å². The van der Waals surface area contributed by atoms with Gasteiger partial charge in [0.25, 0.3) is 11.8 Å². The number of hydrogen-bond acceptors (Lipinski definition) is 5. The Morgan fingerprint density at radius 3 is 2.59 bits per heavy atom. The Labute approximate surface area is 178 Å². The maximum Gasteiger partial charge on any atom is 0.265 e. The van der Waals surface area contributed by atoms with Crippen LogP contribution in [0.1, 0.15) is 36.0 Å². The van der Waals surface area contributed by atoms with Crippen molar-refractivity contribution in [1.82, 2.24) is 15.1 Å². The Hall–Kier alpha value is -1.77. The van der Waals surface area contributed by atoms with E-state index < -0.39 is 17.2 Å². The van der Waals surface area contributed by atoms with Crippen LogP contribution in [-0.2, 0) is 4.79 Å². The molecule has 1 aromatic carbocycles. The van der Waals surface area contributed by atoms with Gasteiger partial charge in [-0.3, -0.25) is 9.59 Å². The molecule has 1 atom stereocenters. The minimum atomic E-state index is -0.573. The van der Waals surface area contributed by atoms with Crippen molar-refractivity contribution < 1.29 is 14.0 Å². The number of nitrogens with two attached hydrogens (primary N) is 1. The van der Waals surface area contributed by atoms with Crippen molar-refractivity contribution in [2.24, 2.45) is 11.7 Å². The van der Waals surface area contributed by atoms with Crippen molar-refractivity contribution in [3.63, 3.8) is 0 Å². The molecule has 6 nitrogen and oxygen atoms in total. The highest BCUT2D eigenvalue weighted by Gasteiger charge is 2.38. The van der Waals surface area contributed by atoms with Crippen molar-refractivity contribution in [3.05, 3.63) is 45.7 Å². The van der Waals surface area contributed by atoms with Crippen LogP contribution >= 0.6 is 23.4 Å². The first-order chi connectivity index (χ1) is 13.9. The number of nitrogens with zero attached hydrogens (tertiary/aromatic N) is 2. The van der Waals surface area contributed by atoms with E-state index in [9.17, 15) is 14.0 Å². The van der Waals surface area contributed by atoms with Gasteiger partial charge in [-0.2, -0.15) is 0 Å². The number of piperidine rings is 1. The molecule has 1 saturated heterocycles. The normalized spacial score (nSPS) is 23.2. The topological polar surface area (TPSA) is 78.7 Å². The fourth-order valence-corrected chi connectivity index (χ4v) is 5.21. The summed E-state index contributed by atoms with van der Waals surface area (Å²) in [5.74, 6) is -0.598. The molecule has 3 N–H and O–H groups in total. The van der Waals surface area contributed by atoms with E-state index in [-0.39, 0.29) is 22.5 Å². The van der Waals surface area contributed by atoms with Gasteiger partial charge in [-0.15, -0.1) is 0 Å². The van der Waals surface area contributed by atoms with Gasteiger partial charge in [0.2, 0.25) is 0 Å². The summed E-state index contributed by atoms with van der Waals surface area (Å²) in [5.41, 5.74) is 5.85. The van der Waals surface area contributed by atoms with Gasteiger partial charge in [0.05, 0.1) is 5.02 Å². The molecule has 2 heterocycles. The van der Waals surface area contributed by atoms with Crippen LogP contribution in [0.5, 0.6) is 0 Å². The first kappa shape index (κ1) is 20.5. The molecule has 2 fully saturated rings. The summed E-state index contributed by atoms with van der Waals surface area (Å²) >= 11 is 7.14. The zero-order valence-electron chi connectivity index (χ0n) is 15.9. The second kappa shape index (κ2) is 8.53. The number of nitrogens with one attached hydrogen (secondary N) is 1. The number of halogens is 2. The zero-order valence-corrected chi connectivity index (χ0v) is 17.5. The predicted octanol–water partition coefficient (Wildman–Crippen LogP) is 2.74. The SMILES string of the molecule is NC(=O)C1=CSC(NC(=O)c2ccc(F)c(Cl)c2)N1C1CCN(CC2CC2)CC1. The van der Waals surface area contributed by atoms with Crippen molar-refractivity contribution in [2.75, 3.05) is 19.6 Å². The Bertz CT molecular complexity index is 840. The van der Waals surface area contributed by atoms with Crippen molar-refractivity contribution >= 4 is 35.2 Å². The molecule has 4 rings (SSSR count). The van der Waals surface area contributed by atoms with Crippen LogP contribution in [0, 0.1) is 11.7 Å². The van der Waals surface area contributed by atoms with Crippen LogP contribution in [0.3, 0.4) is 0 Å². The molecule has 0 aromatic heterocycles. The van der Waals surface area contributed by atoms with E-state index in [1.54, 1.807) is 5.41 Å². The zero-order chi connectivity index (χ0) is 20.5. The summed E-state index contributed by atoms with van der Waals surface area (Å²) in [5, 5.41) is 4.53. The van der Waals surface area contributed by atoms with E-state index in [0.717, 1.165) is 38.4 Å². The number of likely N-dealkylation sites (tertiary alicyclic amines) is 1. The molecule has 2 aliphatic heterocycles. The summed E-state index contributed by atoms with van der Waals surface area (Å²) < 4.78 is 13.4. The summed E-state index contributed by atoms with van der Waals surface area (Å²) in [4.78, 5) is 29.1. The first-order valence-corrected chi connectivity index (χ1v) is 11.2. The third-order valence-electron chi connectivity index (χ3n) is 5.69. The van der Waals surface area contributed by atoms with E-state index in [0.29, 0.717) is 5.70 Å². The van der Waals surface area contributed by atoms with Crippen molar-refractivity contribution in [3.8, 4) is 0 Å². The Morgan fingerprint density at radius 2 is 1.97 bits per heavy atom. The number of benzene rings is 1. The molecule has 9 heteroatoms. The second-order valence-electron chi connectivity index (χ2n) is 7.84. The molecule has 1 aliphatic carbocycles. The summed E-state index contributed by atoms with van der Waals surface area (Å²) in [6.07, 6.45) is 4.48. The third kappa shape index (κ3) is 4.70. The number of hydrogen-bond donors (Lipinski definition) is 2. The summed E-state index contributed by atoms with van der Waals surface area (Å²) in [6, 6.07) is 3.98. The first-order valence-electron chi connectivity index (χ1n) is 9.84. The molecule has 0 bridgehead atoms. The van der Waals surface area contributed by atoms with E-state index in [4.69, 9.17) is 17.3 Å². The molecule has 1 aromatic rings. The highest BCUT2D eigenvalue weighted by Crippen LogP contribution is 2.36. The van der Waals surface area contributed by atoms with Gasteiger partial charge in [0, 0.05) is 36.6 Å². The number of carbonyl (C=O) groups is 2. The fraction of sp³-hybridized carbons (Fsp3) is 0.500. The van der Waals surface area contributed by atoms with Crippen LogP contribution in [0.25, 0.3) is 0 Å². The standard InChI is InChI=1S/C20H24ClFN4O2S/c21-15-9-13(3-4-16(15)22)19(28)24-20-26(17(11-29-20)18(23)27)14-5-7-25(8-6-14)10-12-1-2-12/h3-4,9,11-12,14,20H,1-2,5-8,10H2,(H2,23,27)(H,24,28). The third-order valence-corrected chi connectivity index (χ3v) is 6.94. The van der Waals surface area contributed by atoms with Crippen LogP contribution in [-0.4, -0.2) is 52.8 Å². The smallest absolute Gasteiger partial charge is 0.265 e. The van der Waals surface area contributed by atoms with Gasteiger partial charge < -0.3 is 20.9 Å². The molecule has 0 radical (unpaired) electrons. The second-order valence-corrected chi connectivity index (χ2v) is 9.20. The lowest BCUT2D eigenvalue weighted by molar-refractivity contribution is -0.116. The average molecular weight is 439 g/mol. The molecular weight excluding hydrogens is 415 g/mol. The summed E-state index contributed by atoms with van der Waals surface area (Å²) in [6.45, 7) is 3.11. The van der Waals surface area contributed by atoms with Crippen LogP contribution in [0.4, 0.5) is 4.39 Å². The van der Waals surface area contributed by atoms with Gasteiger partial charge in [-0.25, -0.2) is 4.39 Å². The number of carbonyl (C=O) groups excluding carboxylic acids is 2. The molecule has 1 saturated carbocycles. The Morgan fingerprint density at radius 1 is 1.24 bits per heavy atom. The van der Waals surface area contributed by atoms with E-state index in [1.165, 1.54) is 42.8 Å². The van der Waals surface area contributed by atoms with Gasteiger partial charge in [-0.1, -0.05) is 23.4 Å². The number of rotatable bonds is 6. The molecule has 3 aliphatic rings. The van der Waals surface area contributed by atoms with Gasteiger partial charge in [0.1, 0.15) is 11.5 Å². The molecular formula is C20H24ClFN4O2S. The largest absolute Gasteiger partial charge is 0.364 e. The highest BCUT2D eigenvalue weighted by atomic mass is 35.5. The van der Waals surface area contributed by atoms with Gasteiger partial charge in [0.15, 0.2) is 5.50 Å². The fourth-order valence-electron chi connectivity index (χ4n) is 3.94. The average Bonchev–Trinajstić information content (AvgIpc) is 3.41. The van der Waals surface area contributed by atoms with Gasteiger partial charge >= 0.3 is 0 Å². The van der Waals surface area contributed by atoms with Crippen LogP contribution in [0.2, 0.25) is 5.02 Å². The predicted molar refractivity (Wildman–Crippen MR) is 112 cm³/mol. The number of primary amides is 1. The van der Waals surface area contributed by atoms with Crippen LogP contribution in [0.15, 0.2) is 29.3 Å². The Balaban J connectivity index is 1.43. The van der Waals surface area contributed by atoms with E-state index >= 15 is 0 Å². The van der Waals surface area contributed by atoms with Gasteiger partial charge in [-0.05, 0) is 49.8 Å². The Kier molecular flexibility index (Phi) is 6.03. The van der Waals surface area contributed by atoms with E-state index in [2.05, 4.69) is 10.2 Å². The lowest BCUT2D eigenvalue weighted by Crippen LogP contribution is -2.53.